The summed E-state index contributed by atoms with van der Waals surface area (Å²) in [6.45, 7) is 6.60. The van der Waals surface area contributed by atoms with E-state index in [0.29, 0.717) is 5.56 Å². The number of carbonyl (C=O) groups excluding carboxylic acids is 4. The Morgan fingerprint density at radius 3 is 2.10 bits per heavy atom. The molecule has 1 rings (SSSR count). The largest absolute Gasteiger partial charge is 0.468 e. The third-order valence-corrected chi connectivity index (χ3v) is 4.41. The van der Waals surface area contributed by atoms with Crippen molar-refractivity contribution in [2.24, 2.45) is 11.7 Å². The Morgan fingerprint density at radius 2 is 1.58 bits per heavy atom. The van der Waals surface area contributed by atoms with Crippen molar-refractivity contribution < 1.29 is 38.1 Å². The van der Waals surface area contributed by atoms with Gasteiger partial charge < -0.3 is 24.7 Å². The number of esters is 4. The summed E-state index contributed by atoms with van der Waals surface area (Å²) in [5.41, 5.74) is 5.36. The summed E-state index contributed by atoms with van der Waals surface area (Å²) in [6, 6.07) is 4.56. The zero-order valence-corrected chi connectivity index (χ0v) is 18.7. The fourth-order valence-corrected chi connectivity index (χ4v) is 2.55. The highest BCUT2D eigenvalue weighted by Gasteiger charge is 2.36. The van der Waals surface area contributed by atoms with Gasteiger partial charge in [-0.1, -0.05) is 33.8 Å². The Hall–Kier alpha value is -2.94. The predicted molar refractivity (Wildman–Crippen MR) is 111 cm³/mol. The molecule has 0 saturated heterocycles. The maximum absolute atomic E-state index is 12.4. The summed E-state index contributed by atoms with van der Waals surface area (Å²) in [4.78, 5) is 47.5. The summed E-state index contributed by atoms with van der Waals surface area (Å²) in [5.74, 6) is -2.26. The zero-order valence-electron chi connectivity index (χ0n) is 18.7. The molecule has 0 aliphatic heterocycles. The van der Waals surface area contributed by atoms with Gasteiger partial charge in [-0.2, -0.15) is 0 Å². The standard InChI is InChI=1S/C22H31NO8/c1-6-18(24)30-16-9-8-15(12-17(16)31-19(25)7-2)13-22(23,21(27)28-5)10-11-29-20(26)14(3)4/h8-9,12,14H,6-7,10-11,13,23H2,1-5H3. The second-order valence-corrected chi connectivity index (χ2v) is 7.33. The SMILES string of the molecule is CCC(=O)Oc1ccc(CC(N)(CCOC(=O)C(C)C)C(=O)OC)cc1OC(=O)CC. The monoisotopic (exact) mass is 437 g/mol. The number of hydrogen-bond donors (Lipinski definition) is 1. The van der Waals surface area contributed by atoms with Gasteiger partial charge in [-0.3, -0.25) is 19.2 Å². The second-order valence-electron chi connectivity index (χ2n) is 7.33. The van der Waals surface area contributed by atoms with Crippen LogP contribution in [0.15, 0.2) is 18.2 Å². The van der Waals surface area contributed by atoms with E-state index in [1.165, 1.54) is 19.2 Å². The van der Waals surface area contributed by atoms with E-state index in [1.807, 2.05) is 0 Å². The van der Waals surface area contributed by atoms with E-state index in [0.717, 1.165) is 0 Å². The molecular formula is C22H31NO8. The third kappa shape index (κ3) is 8.01. The number of nitrogens with two attached hydrogens (primary N) is 1. The molecule has 9 heteroatoms. The Labute approximate surface area is 182 Å². The third-order valence-electron chi connectivity index (χ3n) is 4.41. The fraction of sp³-hybridized carbons (Fsp3) is 0.545. The van der Waals surface area contributed by atoms with Crippen molar-refractivity contribution in [2.75, 3.05) is 13.7 Å². The van der Waals surface area contributed by atoms with Crippen molar-refractivity contribution in [3.8, 4) is 11.5 Å². The van der Waals surface area contributed by atoms with Crippen LogP contribution >= 0.6 is 0 Å². The van der Waals surface area contributed by atoms with Crippen LogP contribution in [0.25, 0.3) is 0 Å². The number of rotatable bonds is 11. The van der Waals surface area contributed by atoms with Crippen LogP contribution < -0.4 is 15.2 Å². The molecule has 0 aliphatic rings. The first-order valence-electron chi connectivity index (χ1n) is 10.1. The van der Waals surface area contributed by atoms with Crippen LogP contribution in [0.4, 0.5) is 0 Å². The molecule has 0 fully saturated rings. The highest BCUT2D eigenvalue weighted by atomic mass is 16.6. The van der Waals surface area contributed by atoms with Gasteiger partial charge in [0.25, 0.3) is 0 Å². The highest BCUT2D eigenvalue weighted by molar-refractivity contribution is 5.81. The average Bonchev–Trinajstić information content (AvgIpc) is 2.74. The molecule has 0 bridgehead atoms. The fourth-order valence-electron chi connectivity index (χ4n) is 2.55. The maximum Gasteiger partial charge on any atom is 0.326 e. The molecule has 172 valence electrons. The van der Waals surface area contributed by atoms with Gasteiger partial charge in [0.2, 0.25) is 0 Å². The topological polar surface area (TPSA) is 131 Å². The molecule has 1 aromatic rings. The minimum atomic E-state index is -1.49. The number of carbonyl (C=O) groups is 4. The first kappa shape index (κ1) is 26.1. The minimum Gasteiger partial charge on any atom is -0.468 e. The van der Waals surface area contributed by atoms with Crippen LogP contribution in [0.2, 0.25) is 0 Å². The number of methoxy groups -OCH3 is 1. The van der Waals surface area contributed by atoms with Gasteiger partial charge in [0.1, 0.15) is 5.54 Å². The van der Waals surface area contributed by atoms with Gasteiger partial charge in [-0.15, -0.1) is 0 Å². The van der Waals surface area contributed by atoms with Crippen molar-refractivity contribution in [1.82, 2.24) is 0 Å². The van der Waals surface area contributed by atoms with Crippen molar-refractivity contribution in [1.29, 1.82) is 0 Å². The van der Waals surface area contributed by atoms with Crippen molar-refractivity contribution in [3.63, 3.8) is 0 Å². The quantitative estimate of drug-likeness (QED) is 0.409. The molecule has 0 spiro atoms. The van der Waals surface area contributed by atoms with Gasteiger partial charge in [0, 0.05) is 25.7 Å². The van der Waals surface area contributed by atoms with Crippen LogP contribution in [0.5, 0.6) is 11.5 Å². The molecule has 0 aliphatic carbocycles. The van der Waals surface area contributed by atoms with Crippen LogP contribution in [0, 0.1) is 5.92 Å². The zero-order chi connectivity index (χ0) is 23.6. The van der Waals surface area contributed by atoms with Crippen LogP contribution in [-0.2, 0) is 35.1 Å². The van der Waals surface area contributed by atoms with Crippen LogP contribution in [0.1, 0.15) is 52.5 Å². The molecule has 0 radical (unpaired) electrons. The van der Waals surface area contributed by atoms with Crippen molar-refractivity contribution in [3.05, 3.63) is 23.8 Å². The lowest BCUT2D eigenvalue weighted by Crippen LogP contribution is -2.51. The molecule has 1 unspecified atom stereocenters. The van der Waals surface area contributed by atoms with Gasteiger partial charge in [-0.25, -0.2) is 0 Å². The molecular weight excluding hydrogens is 406 g/mol. The minimum absolute atomic E-state index is 0.0115. The Balaban J connectivity index is 3.13. The summed E-state index contributed by atoms with van der Waals surface area (Å²) in [6.07, 6.45) is 0.300. The van der Waals surface area contributed by atoms with E-state index in [-0.39, 0.29) is 49.7 Å². The van der Waals surface area contributed by atoms with Crippen molar-refractivity contribution in [2.45, 2.75) is 58.9 Å². The molecule has 0 heterocycles. The Kier molecular flexibility index (Phi) is 10.1. The van der Waals surface area contributed by atoms with Crippen molar-refractivity contribution >= 4 is 23.9 Å². The molecule has 1 atom stereocenters. The molecule has 0 amide bonds. The van der Waals surface area contributed by atoms with E-state index >= 15 is 0 Å². The Bertz CT molecular complexity index is 805. The maximum atomic E-state index is 12.4. The van der Waals surface area contributed by atoms with E-state index in [2.05, 4.69) is 0 Å². The lowest BCUT2D eigenvalue weighted by atomic mass is 9.88. The molecule has 9 nitrogen and oxygen atoms in total. The average molecular weight is 437 g/mol. The number of ether oxygens (including phenoxy) is 4. The number of benzene rings is 1. The van der Waals surface area contributed by atoms with Gasteiger partial charge >= 0.3 is 23.9 Å². The predicted octanol–water partition coefficient (Wildman–Crippen LogP) is 2.32. The first-order valence-corrected chi connectivity index (χ1v) is 10.1. The molecule has 31 heavy (non-hydrogen) atoms. The van der Waals surface area contributed by atoms with Gasteiger partial charge in [0.05, 0.1) is 19.6 Å². The molecule has 0 saturated carbocycles. The highest BCUT2D eigenvalue weighted by Crippen LogP contribution is 2.31. The lowest BCUT2D eigenvalue weighted by Gasteiger charge is -2.27. The van der Waals surface area contributed by atoms with E-state index in [9.17, 15) is 19.2 Å². The normalized spacial score (nSPS) is 12.6. The molecule has 0 aromatic heterocycles. The van der Waals surface area contributed by atoms with Crippen LogP contribution in [0.3, 0.4) is 0 Å². The summed E-state index contributed by atoms with van der Waals surface area (Å²) >= 11 is 0. The van der Waals surface area contributed by atoms with Gasteiger partial charge in [0.15, 0.2) is 11.5 Å². The second kappa shape index (κ2) is 12.0. The number of hydrogen-bond acceptors (Lipinski definition) is 9. The summed E-state index contributed by atoms with van der Waals surface area (Å²) in [5, 5.41) is 0. The van der Waals surface area contributed by atoms with E-state index in [4.69, 9.17) is 24.7 Å². The first-order chi connectivity index (χ1) is 14.6. The smallest absolute Gasteiger partial charge is 0.326 e. The van der Waals surface area contributed by atoms with E-state index < -0.39 is 29.4 Å². The summed E-state index contributed by atoms with van der Waals surface area (Å²) < 4.78 is 20.5. The molecule has 1 aromatic carbocycles. The van der Waals surface area contributed by atoms with Gasteiger partial charge in [-0.05, 0) is 17.7 Å². The van der Waals surface area contributed by atoms with Crippen LogP contribution in [-0.4, -0.2) is 43.1 Å². The lowest BCUT2D eigenvalue weighted by molar-refractivity contribution is -0.152. The Morgan fingerprint density at radius 1 is 1.00 bits per heavy atom. The van der Waals surface area contributed by atoms with E-state index in [1.54, 1.807) is 33.8 Å². The summed E-state index contributed by atoms with van der Waals surface area (Å²) in [7, 11) is 1.21. The molecule has 2 N–H and O–H groups in total.